The molecule has 0 spiro atoms. The van der Waals surface area contributed by atoms with Gasteiger partial charge in [0.1, 0.15) is 34.5 Å². The molecule has 1 saturated carbocycles. The first-order chi connectivity index (χ1) is 20.5. The molecule has 43 heavy (non-hydrogen) atoms. The van der Waals surface area contributed by atoms with Crippen LogP contribution in [-0.4, -0.2) is 64.3 Å². The summed E-state index contributed by atoms with van der Waals surface area (Å²) in [4.78, 5) is 58.5. The van der Waals surface area contributed by atoms with Crippen LogP contribution in [0.1, 0.15) is 48.1 Å². The molecule has 0 aromatic carbocycles. The number of nitriles is 1. The molecule has 0 radical (unpaired) electrons. The fourth-order valence-corrected chi connectivity index (χ4v) is 6.15. The van der Waals surface area contributed by atoms with E-state index in [1.807, 2.05) is 0 Å². The molecule has 6 rings (SSSR count). The highest BCUT2D eigenvalue weighted by molar-refractivity contribution is 9.10. The summed E-state index contributed by atoms with van der Waals surface area (Å²) in [7, 11) is 0. The van der Waals surface area contributed by atoms with Gasteiger partial charge < -0.3 is 10.2 Å². The van der Waals surface area contributed by atoms with E-state index in [2.05, 4.69) is 52.4 Å². The van der Waals surface area contributed by atoms with Crippen LogP contribution >= 0.6 is 15.9 Å². The Morgan fingerprint density at radius 3 is 2.60 bits per heavy atom. The van der Waals surface area contributed by atoms with Crippen molar-refractivity contribution in [2.24, 2.45) is 5.41 Å². The number of halogens is 2. The number of hydrogen-bond donors (Lipinski definition) is 1. The zero-order valence-electron chi connectivity index (χ0n) is 23.4. The van der Waals surface area contributed by atoms with E-state index in [1.54, 1.807) is 38.5 Å². The molecule has 1 N–H and O–H groups in total. The molecule has 0 unspecified atom stereocenters. The number of ketones is 1. The van der Waals surface area contributed by atoms with Crippen molar-refractivity contribution in [2.75, 3.05) is 5.32 Å². The molecule has 12 nitrogen and oxygen atoms in total. The van der Waals surface area contributed by atoms with E-state index in [1.165, 1.54) is 22.6 Å². The summed E-state index contributed by atoms with van der Waals surface area (Å²) in [6, 6.07) is 4.00. The molecule has 0 bridgehead atoms. The molecular formula is C29H25BrFN9O3. The molecule has 1 aliphatic carbocycles. The molecule has 4 aromatic heterocycles. The van der Waals surface area contributed by atoms with Gasteiger partial charge in [-0.1, -0.05) is 0 Å². The van der Waals surface area contributed by atoms with Crippen LogP contribution in [0, 0.1) is 36.4 Å². The molecule has 5 heterocycles. The number of Topliss-reactive ketones (excluding diaryl/α,β-unsaturated/α-hetero) is 1. The maximum atomic E-state index is 13.9. The highest BCUT2D eigenvalue weighted by atomic mass is 79.9. The van der Waals surface area contributed by atoms with Gasteiger partial charge in [0, 0.05) is 48.1 Å². The van der Waals surface area contributed by atoms with Crippen molar-refractivity contribution in [1.29, 1.82) is 5.26 Å². The maximum absolute atomic E-state index is 13.9. The van der Waals surface area contributed by atoms with E-state index >= 15 is 0 Å². The third-order valence-corrected chi connectivity index (χ3v) is 8.69. The quantitative estimate of drug-likeness (QED) is 0.232. The molecule has 3 atom stereocenters. The number of pyridine rings is 2. The van der Waals surface area contributed by atoms with Gasteiger partial charge in [0.25, 0.3) is 0 Å². The zero-order chi connectivity index (χ0) is 30.6. The Bertz CT molecular complexity index is 1870. The molecule has 2 aliphatic rings. The highest BCUT2D eigenvalue weighted by Crippen LogP contribution is 2.61. The van der Waals surface area contributed by atoms with Gasteiger partial charge in [-0.15, -0.1) is 0 Å². The van der Waals surface area contributed by atoms with Crippen molar-refractivity contribution in [3.8, 4) is 17.3 Å². The zero-order valence-corrected chi connectivity index (χ0v) is 25.0. The Hall–Kier alpha value is -4.64. The SMILES string of the molecule is CC(=O)c1nn(CC(=O)N2[C@H](C(=O)Nc3nc(Br)c(F)cc3C)C[C@@]3(CC#N)C[C@@H]23)c2cnc(-c3cnc(C)nc3)cc12. The number of aryl methyl sites for hydroxylation is 2. The van der Waals surface area contributed by atoms with E-state index in [0.29, 0.717) is 46.4 Å². The minimum Gasteiger partial charge on any atom is -0.325 e. The second-order valence-electron chi connectivity index (χ2n) is 11.0. The van der Waals surface area contributed by atoms with Crippen molar-refractivity contribution in [1.82, 2.24) is 34.6 Å². The number of amides is 2. The number of likely N-dealkylation sites (tertiary alicyclic amines) is 1. The fraction of sp³-hybridized carbons (Fsp3) is 0.345. The molecule has 2 fully saturated rings. The predicted molar refractivity (Wildman–Crippen MR) is 155 cm³/mol. The number of hydrogen-bond acceptors (Lipinski definition) is 9. The summed E-state index contributed by atoms with van der Waals surface area (Å²) < 4.78 is 15.3. The largest absolute Gasteiger partial charge is 0.325 e. The van der Waals surface area contributed by atoms with Crippen LogP contribution in [0.4, 0.5) is 10.2 Å². The first-order valence-corrected chi connectivity index (χ1v) is 14.3. The molecular weight excluding hydrogens is 621 g/mol. The normalized spacial score (nSPS) is 20.5. The van der Waals surface area contributed by atoms with E-state index < -0.39 is 23.2 Å². The third kappa shape index (κ3) is 5.03. The Labute approximate surface area is 253 Å². The van der Waals surface area contributed by atoms with Crippen LogP contribution in [0.3, 0.4) is 0 Å². The maximum Gasteiger partial charge on any atom is 0.248 e. The van der Waals surface area contributed by atoms with Crippen molar-refractivity contribution >= 4 is 50.2 Å². The summed E-state index contributed by atoms with van der Waals surface area (Å²) in [6.07, 6.45) is 5.95. The van der Waals surface area contributed by atoms with E-state index in [0.717, 1.165) is 0 Å². The summed E-state index contributed by atoms with van der Waals surface area (Å²) >= 11 is 3.04. The Morgan fingerprint density at radius 2 is 1.91 bits per heavy atom. The number of piperidine rings is 1. The van der Waals surface area contributed by atoms with Crippen LogP contribution < -0.4 is 5.32 Å². The first kappa shape index (κ1) is 28.5. The van der Waals surface area contributed by atoms with Gasteiger partial charge in [0.2, 0.25) is 11.8 Å². The lowest BCUT2D eigenvalue weighted by Crippen LogP contribution is -2.47. The van der Waals surface area contributed by atoms with Gasteiger partial charge in [-0.25, -0.2) is 19.3 Å². The number of anilines is 1. The van der Waals surface area contributed by atoms with Crippen LogP contribution in [0.25, 0.3) is 22.2 Å². The average molecular weight is 646 g/mol. The molecule has 1 aliphatic heterocycles. The smallest absolute Gasteiger partial charge is 0.248 e. The second kappa shape index (κ2) is 10.6. The molecule has 14 heteroatoms. The molecule has 2 amide bonds. The van der Waals surface area contributed by atoms with Crippen molar-refractivity contribution in [3.05, 3.63) is 58.2 Å². The third-order valence-electron chi connectivity index (χ3n) is 8.14. The lowest BCUT2D eigenvalue weighted by atomic mass is 9.96. The minimum atomic E-state index is -0.870. The lowest BCUT2D eigenvalue weighted by molar-refractivity contribution is -0.138. The van der Waals surface area contributed by atoms with Gasteiger partial charge in [-0.05, 0) is 60.3 Å². The fourth-order valence-electron chi connectivity index (χ4n) is 5.86. The Morgan fingerprint density at radius 1 is 1.16 bits per heavy atom. The monoisotopic (exact) mass is 645 g/mol. The van der Waals surface area contributed by atoms with Crippen molar-refractivity contribution < 1.29 is 18.8 Å². The minimum absolute atomic E-state index is 0.0462. The molecule has 1 saturated heterocycles. The first-order valence-electron chi connectivity index (χ1n) is 13.5. The number of nitrogens with zero attached hydrogens (tertiary/aromatic N) is 8. The molecule has 218 valence electrons. The Kier molecular flexibility index (Phi) is 7.00. The number of carbonyl (C=O) groups is 3. The summed E-state index contributed by atoms with van der Waals surface area (Å²) in [6.45, 7) is 4.54. The van der Waals surface area contributed by atoms with Gasteiger partial charge in [-0.2, -0.15) is 10.4 Å². The summed E-state index contributed by atoms with van der Waals surface area (Å²) in [5, 5.41) is 17.2. The van der Waals surface area contributed by atoms with Crippen LogP contribution in [0.5, 0.6) is 0 Å². The van der Waals surface area contributed by atoms with Gasteiger partial charge >= 0.3 is 0 Å². The van der Waals surface area contributed by atoms with Crippen molar-refractivity contribution in [2.45, 2.75) is 58.7 Å². The summed E-state index contributed by atoms with van der Waals surface area (Å²) in [5.41, 5.74) is 1.83. The van der Waals surface area contributed by atoms with Gasteiger partial charge in [0.05, 0.1) is 23.5 Å². The lowest BCUT2D eigenvalue weighted by Gasteiger charge is -2.27. The Balaban J connectivity index is 1.31. The predicted octanol–water partition coefficient (Wildman–Crippen LogP) is 3.92. The van der Waals surface area contributed by atoms with Crippen LogP contribution in [0.2, 0.25) is 0 Å². The second-order valence-corrected chi connectivity index (χ2v) is 11.8. The highest BCUT2D eigenvalue weighted by Gasteiger charge is 2.67. The summed E-state index contributed by atoms with van der Waals surface area (Å²) in [5.74, 6) is -0.925. The van der Waals surface area contributed by atoms with Gasteiger partial charge in [0.15, 0.2) is 11.6 Å². The van der Waals surface area contributed by atoms with Crippen LogP contribution in [-0.2, 0) is 16.1 Å². The van der Waals surface area contributed by atoms with E-state index in [4.69, 9.17) is 0 Å². The van der Waals surface area contributed by atoms with Gasteiger partial charge in [-0.3, -0.25) is 24.0 Å². The van der Waals surface area contributed by atoms with Crippen LogP contribution in [0.15, 0.2) is 35.3 Å². The standard InChI is InChI=1S/C29H25BrFN9O3/c1-14-6-19(31)26(30)36-27(14)37-28(43)21-8-29(4-5-32)9-23(29)40(21)24(42)13-39-22-12-35-20(17-10-33-16(3)34-11-17)7-18(22)25(38-39)15(2)41/h6-7,10-12,21,23H,4,8-9,13H2,1-3H3,(H,36,37,43)/t21-,23+,29-/m0/s1. The number of rotatable bonds is 7. The number of carbonyl (C=O) groups excluding carboxylic acids is 3. The number of nitrogens with one attached hydrogen (secondary N) is 1. The number of fused-ring (bicyclic) bond motifs is 2. The average Bonchev–Trinajstić information content (AvgIpc) is 3.37. The topological polar surface area (TPSA) is 160 Å². The molecule has 4 aromatic rings. The van der Waals surface area contributed by atoms with E-state index in [-0.39, 0.29) is 46.8 Å². The number of aromatic nitrogens is 6. The van der Waals surface area contributed by atoms with E-state index in [9.17, 15) is 24.0 Å². The van der Waals surface area contributed by atoms with Crippen molar-refractivity contribution in [3.63, 3.8) is 0 Å².